The normalized spacial score (nSPS) is 21.8. The van der Waals surface area contributed by atoms with Crippen LogP contribution in [-0.4, -0.2) is 45.4 Å². The Morgan fingerprint density at radius 2 is 1.18 bits per heavy atom. The van der Waals surface area contributed by atoms with Crippen molar-refractivity contribution in [3.05, 3.63) is 140 Å². The van der Waals surface area contributed by atoms with Gasteiger partial charge in [-0.25, -0.2) is 5.01 Å². The van der Waals surface area contributed by atoms with Crippen LogP contribution in [0.2, 0.25) is 10.0 Å². The first-order chi connectivity index (χ1) is 21.3. The molecule has 2 bridgehead atoms. The van der Waals surface area contributed by atoms with Crippen molar-refractivity contribution >= 4 is 58.3 Å². The molecule has 0 saturated carbocycles. The van der Waals surface area contributed by atoms with Crippen LogP contribution in [0.15, 0.2) is 97.1 Å². The van der Waals surface area contributed by atoms with Crippen LogP contribution in [0.5, 0.6) is 0 Å². The van der Waals surface area contributed by atoms with Gasteiger partial charge in [-0.15, -0.1) is 11.6 Å². The molecule has 0 N–H and O–H groups in total. The van der Waals surface area contributed by atoms with E-state index in [1.807, 2.05) is 48.5 Å². The van der Waals surface area contributed by atoms with Crippen LogP contribution in [0, 0.1) is 11.8 Å². The smallest absolute Gasteiger partial charge is 0.275 e. The number of carbonyl (C=O) groups excluding carboxylic acids is 4. The molecule has 8 rings (SSSR count). The fourth-order valence-electron chi connectivity index (χ4n) is 7.28. The molecule has 0 spiro atoms. The zero-order valence-electron chi connectivity index (χ0n) is 23.2. The second-order valence-corrected chi connectivity index (χ2v) is 12.5. The predicted molar refractivity (Wildman–Crippen MR) is 168 cm³/mol. The highest BCUT2D eigenvalue weighted by Crippen LogP contribution is 2.61. The van der Waals surface area contributed by atoms with Crippen molar-refractivity contribution in [1.82, 2.24) is 10.0 Å². The van der Waals surface area contributed by atoms with Gasteiger partial charge in [0.25, 0.3) is 17.7 Å². The molecule has 4 aromatic rings. The van der Waals surface area contributed by atoms with Crippen LogP contribution < -0.4 is 0 Å². The van der Waals surface area contributed by atoms with Crippen LogP contribution >= 0.6 is 34.8 Å². The summed E-state index contributed by atoms with van der Waals surface area (Å²) in [5.41, 5.74) is 4.32. The van der Waals surface area contributed by atoms with Crippen molar-refractivity contribution < 1.29 is 19.2 Å². The lowest BCUT2D eigenvalue weighted by molar-refractivity contribution is -0.156. The van der Waals surface area contributed by atoms with Crippen LogP contribution in [0.3, 0.4) is 0 Å². The molecule has 6 nitrogen and oxygen atoms in total. The number of imide groups is 1. The van der Waals surface area contributed by atoms with Crippen molar-refractivity contribution in [1.29, 1.82) is 0 Å². The molecule has 4 aliphatic rings. The third kappa shape index (κ3) is 4.31. The summed E-state index contributed by atoms with van der Waals surface area (Å²) in [4.78, 5) is 57.9. The minimum absolute atomic E-state index is 0.0124. The molecule has 1 saturated heterocycles. The van der Waals surface area contributed by atoms with Crippen molar-refractivity contribution in [3.63, 3.8) is 0 Å². The molecule has 1 fully saturated rings. The topological polar surface area (TPSA) is 74.8 Å². The number of benzene rings is 4. The summed E-state index contributed by atoms with van der Waals surface area (Å²) in [6, 6.07) is 27.1. The Morgan fingerprint density at radius 1 is 0.705 bits per heavy atom. The number of hydrogen-bond donors (Lipinski definition) is 0. The number of amides is 3. The standard InChI is InChI=1S/C35H25Cl3N2O4/c36-18-17-27(32(41)19-13-15-20(37)16-14-19)39(33(42)25-11-5-6-12-26(25)38)40-34(43)30-28-21-7-1-2-8-22(21)29(31(30)35(40)44)24-10-4-3-9-23(24)28/h1-16,27-31H,17-18H2/t27-,28?,29?,30-,31+/m0/s1. The monoisotopic (exact) mass is 642 g/mol. The minimum atomic E-state index is -1.27. The maximum absolute atomic E-state index is 14.7. The molecular formula is C35H25Cl3N2O4. The Bertz CT molecular complexity index is 1730. The molecular weight excluding hydrogens is 619 g/mol. The minimum Gasteiger partial charge on any atom is -0.292 e. The van der Waals surface area contributed by atoms with Gasteiger partial charge in [0.05, 0.1) is 22.4 Å². The Kier molecular flexibility index (Phi) is 7.32. The lowest BCUT2D eigenvalue weighted by atomic mass is 9.55. The molecule has 9 heteroatoms. The Labute approximate surface area is 269 Å². The van der Waals surface area contributed by atoms with Gasteiger partial charge in [-0.2, -0.15) is 5.01 Å². The SMILES string of the molecule is O=C(c1ccc(Cl)cc1)[C@H](CCCl)N(C(=O)c1ccccc1Cl)N1C(=O)[C@@H]2C3c4ccccc4C(c4ccccc43)[C@@H]2C1=O. The predicted octanol–water partition coefficient (Wildman–Crippen LogP) is 7.12. The van der Waals surface area contributed by atoms with Crippen molar-refractivity contribution in [3.8, 4) is 0 Å². The molecule has 44 heavy (non-hydrogen) atoms. The summed E-state index contributed by atoms with van der Waals surface area (Å²) in [7, 11) is 0. The highest BCUT2D eigenvalue weighted by atomic mass is 35.5. The maximum atomic E-state index is 14.7. The molecule has 1 heterocycles. The molecule has 3 amide bonds. The summed E-state index contributed by atoms with van der Waals surface area (Å²) in [5.74, 6) is -4.54. The largest absolute Gasteiger partial charge is 0.292 e. The number of hydrazine groups is 1. The van der Waals surface area contributed by atoms with Gasteiger partial charge in [0.2, 0.25) is 0 Å². The van der Waals surface area contributed by atoms with Crippen LogP contribution in [0.25, 0.3) is 0 Å². The number of halogens is 3. The van der Waals surface area contributed by atoms with Crippen molar-refractivity contribution in [2.24, 2.45) is 11.8 Å². The van der Waals surface area contributed by atoms with E-state index in [2.05, 4.69) is 0 Å². The molecule has 3 atom stereocenters. The van der Waals surface area contributed by atoms with Gasteiger partial charge in [0, 0.05) is 28.3 Å². The van der Waals surface area contributed by atoms with Gasteiger partial charge >= 0.3 is 0 Å². The van der Waals surface area contributed by atoms with Gasteiger partial charge < -0.3 is 0 Å². The van der Waals surface area contributed by atoms with E-state index in [1.54, 1.807) is 42.5 Å². The third-order valence-corrected chi connectivity index (χ3v) is 9.86. The van der Waals surface area contributed by atoms with E-state index in [9.17, 15) is 19.2 Å². The van der Waals surface area contributed by atoms with Crippen molar-refractivity contribution in [2.45, 2.75) is 24.3 Å². The molecule has 0 unspecified atom stereocenters. The van der Waals surface area contributed by atoms with Crippen LogP contribution in [0.4, 0.5) is 0 Å². The third-order valence-electron chi connectivity index (χ3n) is 9.06. The second-order valence-electron chi connectivity index (χ2n) is 11.2. The van der Waals surface area contributed by atoms with Gasteiger partial charge in [0.15, 0.2) is 5.78 Å². The van der Waals surface area contributed by atoms with Crippen LogP contribution in [-0.2, 0) is 9.59 Å². The van der Waals surface area contributed by atoms with E-state index in [0.29, 0.717) is 5.02 Å². The lowest BCUT2D eigenvalue weighted by Gasteiger charge is -2.45. The van der Waals surface area contributed by atoms with Gasteiger partial charge in [-0.1, -0.05) is 83.9 Å². The van der Waals surface area contributed by atoms with Gasteiger partial charge in [0.1, 0.15) is 6.04 Å². The van der Waals surface area contributed by atoms with Crippen LogP contribution in [0.1, 0.15) is 61.2 Å². The first-order valence-corrected chi connectivity index (χ1v) is 15.6. The highest BCUT2D eigenvalue weighted by molar-refractivity contribution is 6.34. The second kappa shape index (κ2) is 11.2. The first-order valence-electron chi connectivity index (χ1n) is 14.3. The summed E-state index contributed by atoms with van der Waals surface area (Å²) < 4.78 is 0. The van der Waals surface area contributed by atoms with Crippen molar-refractivity contribution in [2.75, 3.05) is 5.88 Å². The quantitative estimate of drug-likeness (QED) is 0.122. The number of Topliss-reactive ketones (excluding diaryl/α,β-unsaturated/α-hetero) is 1. The average molecular weight is 644 g/mol. The number of rotatable bonds is 7. The van der Waals surface area contributed by atoms with E-state index < -0.39 is 41.4 Å². The zero-order valence-corrected chi connectivity index (χ0v) is 25.5. The van der Waals surface area contributed by atoms with E-state index in [-0.39, 0.29) is 40.3 Å². The lowest BCUT2D eigenvalue weighted by Crippen LogP contribution is -2.57. The molecule has 1 aliphatic heterocycles. The van der Waals surface area contributed by atoms with Gasteiger partial charge in [-0.05, 0) is 65.1 Å². The highest BCUT2D eigenvalue weighted by Gasteiger charge is 2.63. The molecule has 220 valence electrons. The molecule has 3 aliphatic carbocycles. The van der Waals surface area contributed by atoms with E-state index in [4.69, 9.17) is 34.8 Å². The zero-order chi connectivity index (χ0) is 30.7. The number of ketones is 1. The number of hydrogen-bond acceptors (Lipinski definition) is 4. The Balaban J connectivity index is 1.39. The fraction of sp³-hybridized carbons (Fsp3) is 0.200. The number of nitrogens with zero attached hydrogens (tertiary/aromatic N) is 2. The first kappa shape index (κ1) is 28.8. The van der Waals surface area contributed by atoms with E-state index in [1.165, 1.54) is 6.07 Å². The molecule has 4 aromatic carbocycles. The Morgan fingerprint density at radius 3 is 1.66 bits per heavy atom. The average Bonchev–Trinajstić information content (AvgIpc) is 3.30. The summed E-state index contributed by atoms with van der Waals surface area (Å²) in [6.07, 6.45) is -0.0150. The Hall–Kier alpha value is -3.97. The summed E-state index contributed by atoms with van der Waals surface area (Å²) >= 11 is 18.8. The fourth-order valence-corrected chi connectivity index (χ4v) is 7.83. The van der Waals surface area contributed by atoms with E-state index >= 15 is 0 Å². The summed E-state index contributed by atoms with van der Waals surface area (Å²) in [6.45, 7) is 0. The number of alkyl halides is 1. The molecule has 0 aromatic heterocycles. The number of carbonyl (C=O) groups is 4. The maximum Gasteiger partial charge on any atom is 0.275 e. The van der Waals surface area contributed by atoms with E-state index in [0.717, 1.165) is 32.3 Å². The summed E-state index contributed by atoms with van der Waals surface area (Å²) in [5, 5.41) is 2.49. The van der Waals surface area contributed by atoms with Gasteiger partial charge in [-0.3, -0.25) is 19.2 Å². The molecule has 0 radical (unpaired) electrons.